The zero-order valence-corrected chi connectivity index (χ0v) is 12.4. The Balaban J connectivity index is 1.74. The third kappa shape index (κ3) is 2.26. The minimum atomic E-state index is 0.466. The molecule has 0 aliphatic carbocycles. The number of nitrogens with zero attached hydrogens (tertiary/aromatic N) is 2. The summed E-state index contributed by atoms with van der Waals surface area (Å²) in [6.07, 6.45) is 1.46. The van der Waals surface area contributed by atoms with Crippen molar-refractivity contribution in [2.75, 3.05) is 0 Å². The Hall–Kier alpha value is -2.65. The normalized spacial score (nSPS) is 11.0. The largest absolute Gasteiger partial charge is 0.339 e. The molecule has 0 radical (unpaired) electrons. The lowest BCUT2D eigenvalue weighted by atomic mass is 10.0. The number of rotatable bonds is 2. The van der Waals surface area contributed by atoms with E-state index in [9.17, 15) is 0 Å². The Morgan fingerprint density at radius 1 is 0.773 bits per heavy atom. The van der Waals surface area contributed by atoms with Gasteiger partial charge in [0.05, 0.1) is 5.39 Å². The van der Waals surface area contributed by atoms with Crippen molar-refractivity contribution in [3.8, 4) is 22.4 Å². The van der Waals surface area contributed by atoms with Crippen LogP contribution < -0.4 is 0 Å². The molecule has 0 aliphatic rings. The fourth-order valence-corrected chi connectivity index (χ4v) is 2.73. The molecule has 4 rings (SSSR count). The molecule has 0 fully saturated rings. The highest BCUT2D eigenvalue weighted by atomic mass is 35.5. The molecule has 2 aromatic carbocycles. The van der Waals surface area contributed by atoms with Gasteiger partial charge in [-0.2, -0.15) is 0 Å². The van der Waals surface area contributed by atoms with Crippen LogP contribution in [-0.2, 0) is 0 Å². The second-order valence-corrected chi connectivity index (χ2v) is 5.41. The van der Waals surface area contributed by atoms with Gasteiger partial charge in [0.15, 0.2) is 0 Å². The third-order valence-corrected chi connectivity index (χ3v) is 3.98. The van der Waals surface area contributed by atoms with Gasteiger partial charge in [-0.05, 0) is 22.8 Å². The van der Waals surface area contributed by atoms with Gasteiger partial charge in [-0.3, -0.25) is 0 Å². The van der Waals surface area contributed by atoms with E-state index in [1.54, 1.807) is 0 Å². The van der Waals surface area contributed by atoms with E-state index in [1.807, 2.05) is 24.3 Å². The van der Waals surface area contributed by atoms with Crippen LogP contribution in [0, 0.1) is 0 Å². The highest BCUT2D eigenvalue weighted by Gasteiger charge is 2.08. The second-order valence-electron chi connectivity index (χ2n) is 5.05. The van der Waals surface area contributed by atoms with Crippen molar-refractivity contribution < 1.29 is 0 Å². The monoisotopic (exact) mass is 305 g/mol. The molecule has 22 heavy (non-hydrogen) atoms. The number of halogens is 1. The third-order valence-electron chi connectivity index (χ3n) is 3.68. The SMILES string of the molecule is Clc1ncnc2[nH]c(-c3ccc(-c4ccccc4)cc3)cc12. The standard InChI is InChI=1S/C18H12ClN3/c19-17-15-10-16(22-18(15)21-11-20-17)14-8-6-13(7-9-14)12-4-2-1-3-5-12/h1-11H,(H,20,21,22). The number of benzene rings is 2. The summed E-state index contributed by atoms with van der Waals surface area (Å²) in [5.74, 6) is 0. The maximum absolute atomic E-state index is 6.09. The Bertz CT molecular complexity index is 928. The van der Waals surface area contributed by atoms with Crippen molar-refractivity contribution in [2.24, 2.45) is 0 Å². The Morgan fingerprint density at radius 2 is 1.45 bits per heavy atom. The number of nitrogens with one attached hydrogen (secondary N) is 1. The Labute approximate surface area is 132 Å². The molecule has 0 bridgehead atoms. The first-order valence-electron chi connectivity index (χ1n) is 6.96. The van der Waals surface area contributed by atoms with Gasteiger partial charge in [0.25, 0.3) is 0 Å². The van der Waals surface area contributed by atoms with Crippen LogP contribution in [-0.4, -0.2) is 15.0 Å². The van der Waals surface area contributed by atoms with E-state index in [2.05, 4.69) is 51.4 Å². The number of hydrogen-bond acceptors (Lipinski definition) is 2. The Kier molecular flexibility index (Phi) is 3.13. The number of aromatic amines is 1. The number of H-pyrrole nitrogens is 1. The van der Waals surface area contributed by atoms with Gasteiger partial charge >= 0.3 is 0 Å². The first kappa shape index (κ1) is 13.0. The summed E-state index contributed by atoms with van der Waals surface area (Å²) in [5, 5.41) is 1.31. The minimum Gasteiger partial charge on any atom is -0.339 e. The van der Waals surface area contributed by atoms with E-state index in [0.29, 0.717) is 5.15 Å². The zero-order chi connectivity index (χ0) is 14.9. The van der Waals surface area contributed by atoms with Gasteiger partial charge in [-0.1, -0.05) is 66.2 Å². The molecule has 1 N–H and O–H groups in total. The second kappa shape index (κ2) is 5.28. The summed E-state index contributed by atoms with van der Waals surface area (Å²) >= 11 is 6.09. The fourth-order valence-electron chi connectivity index (χ4n) is 2.54. The maximum atomic E-state index is 6.09. The van der Waals surface area contributed by atoms with Crippen LogP contribution in [0.15, 0.2) is 67.0 Å². The lowest BCUT2D eigenvalue weighted by Gasteiger charge is -2.03. The van der Waals surface area contributed by atoms with E-state index >= 15 is 0 Å². The molecular weight excluding hydrogens is 294 g/mol. The van der Waals surface area contributed by atoms with Crippen LogP contribution in [0.3, 0.4) is 0 Å². The van der Waals surface area contributed by atoms with Crippen molar-refractivity contribution in [1.82, 2.24) is 15.0 Å². The van der Waals surface area contributed by atoms with E-state index in [-0.39, 0.29) is 0 Å². The lowest BCUT2D eigenvalue weighted by molar-refractivity contribution is 1.20. The highest BCUT2D eigenvalue weighted by molar-refractivity contribution is 6.34. The first-order chi connectivity index (χ1) is 10.8. The molecule has 4 heteroatoms. The summed E-state index contributed by atoms with van der Waals surface area (Å²) in [6, 6.07) is 20.7. The van der Waals surface area contributed by atoms with Crippen molar-refractivity contribution in [3.63, 3.8) is 0 Å². The van der Waals surface area contributed by atoms with Gasteiger partial charge in [0.1, 0.15) is 17.1 Å². The van der Waals surface area contributed by atoms with Crippen molar-refractivity contribution in [3.05, 3.63) is 72.1 Å². The molecule has 0 unspecified atom stereocenters. The molecule has 0 saturated heterocycles. The zero-order valence-electron chi connectivity index (χ0n) is 11.6. The van der Waals surface area contributed by atoms with E-state index < -0.39 is 0 Å². The fraction of sp³-hybridized carbons (Fsp3) is 0. The molecule has 4 aromatic rings. The number of aromatic nitrogens is 3. The van der Waals surface area contributed by atoms with Crippen LogP contribution in [0.5, 0.6) is 0 Å². The van der Waals surface area contributed by atoms with Crippen LogP contribution >= 0.6 is 11.6 Å². The van der Waals surface area contributed by atoms with Gasteiger partial charge in [-0.25, -0.2) is 9.97 Å². The molecule has 3 nitrogen and oxygen atoms in total. The van der Waals surface area contributed by atoms with E-state index in [1.165, 1.54) is 17.5 Å². The van der Waals surface area contributed by atoms with Gasteiger partial charge < -0.3 is 4.98 Å². The molecule has 0 saturated carbocycles. The molecule has 0 atom stereocenters. The van der Waals surface area contributed by atoms with E-state index in [0.717, 1.165) is 22.3 Å². The number of fused-ring (bicyclic) bond motifs is 1. The van der Waals surface area contributed by atoms with Crippen molar-refractivity contribution in [1.29, 1.82) is 0 Å². The first-order valence-corrected chi connectivity index (χ1v) is 7.34. The van der Waals surface area contributed by atoms with Crippen LogP contribution in [0.25, 0.3) is 33.4 Å². The summed E-state index contributed by atoms with van der Waals surface area (Å²) in [4.78, 5) is 11.5. The average Bonchev–Trinajstić information content (AvgIpc) is 3.02. The molecule has 2 heterocycles. The predicted molar refractivity (Wildman–Crippen MR) is 89.8 cm³/mol. The molecule has 2 aromatic heterocycles. The van der Waals surface area contributed by atoms with E-state index in [4.69, 9.17) is 11.6 Å². The number of hydrogen-bond donors (Lipinski definition) is 1. The smallest absolute Gasteiger partial charge is 0.142 e. The molecule has 106 valence electrons. The minimum absolute atomic E-state index is 0.466. The predicted octanol–water partition coefficient (Wildman–Crippen LogP) is 4.95. The summed E-state index contributed by atoms with van der Waals surface area (Å²) in [6.45, 7) is 0. The van der Waals surface area contributed by atoms with Crippen LogP contribution in [0.2, 0.25) is 5.15 Å². The quantitative estimate of drug-likeness (QED) is 0.533. The van der Waals surface area contributed by atoms with Gasteiger partial charge in [0.2, 0.25) is 0 Å². The highest BCUT2D eigenvalue weighted by Crippen LogP contribution is 2.28. The van der Waals surface area contributed by atoms with Crippen LogP contribution in [0.1, 0.15) is 0 Å². The van der Waals surface area contributed by atoms with Crippen LogP contribution in [0.4, 0.5) is 0 Å². The van der Waals surface area contributed by atoms with Crippen molar-refractivity contribution in [2.45, 2.75) is 0 Å². The van der Waals surface area contributed by atoms with Gasteiger partial charge in [-0.15, -0.1) is 0 Å². The maximum Gasteiger partial charge on any atom is 0.142 e. The molecule has 0 spiro atoms. The van der Waals surface area contributed by atoms with Gasteiger partial charge in [0, 0.05) is 5.69 Å². The topological polar surface area (TPSA) is 41.6 Å². The summed E-state index contributed by atoms with van der Waals surface area (Å²) in [7, 11) is 0. The summed E-state index contributed by atoms with van der Waals surface area (Å²) < 4.78 is 0. The molecular formula is C18H12ClN3. The lowest BCUT2D eigenvalue weighted by Crippen LogP contribution is -1.81. The summed E-state index contributed by atoms with van der Waals surface area (Å²) in [5.41, 5.74) is 5.23. The molecule has 0 amide bonds. The Morgan fingerprint density at radius 3 is 2.18 bits per heavy atom. The average molecular weight is 306 g/mol. The molecule has 0 aliphatic heterocycles. The van der Waals surface area contributed by atoms with Crippen molar-refractivity contribution >= 4 is 22.6 Å².